The third-order valence-electron chi connectivity index (χ3n) is 19.4. The standard InChI is InChI=1S/C88H108N4O12/c1-53(2)37-65-69-41-74(82(45-77(69)97-13)102-50-86(94)90-58(10)62-31-23-18-24-32-62)67(39-55(5)6)71-43-76(84(47-79(71)99-15)104-52-88(96)92-60(12)64-35-27-20-28-36-64)68(40-56(7)8)72-44-75(83(48-80(72)100-16)103-51-87(95)91-59(11)63-33-25-19-26-34-63)66(38-54(3)4)70-42-73(65)81(46-78(70)98-14)101-49-85(93)89-57(9)61-29-21-17-22-30-61/h17-36,41-48,53-60,65-68H,37-40,49-52H2,1-16H3,(H,89,93)(H,90,94)(H,91,95)(H,92,96)/t57-,58-,59-,60-,65?,66?,67?,68?/m1/s1. The maximum Gasteiger partial charge on any atom is 0.258 e. The van der Waals surface area contributed by atoms with Gasteiger partial charge in [0.25, 0.3) is 23.6 Å². The number of hydrogen-bond acceptors (Lipinski definition) is 12. The molecule has 0 saturated carbocycles. The van der Waals surface area contributed by atoms with Crippen molar-refractivity contribution >= 4 is 23.6 Å². The molecule has 4 amide bonds. The second-order valence-corrected chi connectivity index (χ2v) is 29.2. The van der Waals surface area contributed by atoms with Gasteiger partial charge in [0.05, 0.1) is 52.6 Å². The SMILES string of the molecule is COc1cc(OCC(=O)N[C@H](C)c2ccccc2)c2cc1C(CC(C)C)c1cc(c(OC)cc1OCC(=O)N[C@H](C)c1ccccc1)C(CC(C)C)c1cc(c(OC)cc1OCC(=O)N[C@H](C)c1ccccc1)C(CC(C)C)c1cc(c(OC)cc1OCC(=O)N[C@H](C)c1ccccc1)C2CC(C)C. The van der Waals surface area contributed by atoms with Gasteiger partial charge in [-0.1, -0.05) is 177 Å². The maximum absolute atomic E-state index is 14.4. The minimum absolute atomic E-state index is 0.0629. The normalized spacial score (nSPS) is 16.0. The molecule has 552 valence electrons. The third-order valence-corrected chi connectivity index (χ3v) is 19.4. The molecule has 0 aliphatic heterocycles. The topological polar surface area (TPSA) is 190 Å². The van der Waals surface area contributed by atoms with Gasteiger partial charge in [-0.15, -0.1) is 0 Å². The first-order valence-corrected chi connectivity index (χ1v) is 36.7. The van der Waals surface area contributed by atoms with Crippen LogP contribution in [0.4, 0.5) is 0 Å². The van der Waals surface area contributed by atoms with Gasteiger partial charge in [-0.25, -0.2) is 0 Å². The summed E-state index contributed by atoms with van der Waals surface area (Å²) in [6, 6.07) is 54.3. The molecule has 0 heterocycles. The lowest BCUT2D eigenvalue weighted by atomic mass is 9.75. The smallest absolute Gasteiger partial charge is 0.258 e. The van der Waals surface area contributed by atoms with Gasteiger partial charge in [0, 0.05) is 92.4 Å². The lowest BCUT2D eigenvalue weighted by Gasteiger charge is -2.33. The minimum atomic E-state index is -0.511. The Kier molecular flexibility index (Phi) is 27.8. The number of ether oxygens (including phenoxy) is 8. The van der Waals surface area contributed by atoms with E-state index in [4.69, 9.17) is 37.9 Å². The van der Waals surface area contributed by atoms with Crippen molar-refractivity contribution in [3.05, 3.63) is 237 Å². The summed E-state index contributed by atoms with van der Waals surface area (Å²) in [5, 5.41) is 12.7. The van der Waals surface area contributed by atoms with E-state index in [1.807, 2.05) is 173 Å². The average molecular weight is 1410 g/mol. The summed E-state index contributed by atoms with van der Waals surface area (Å²) in [5.74, 6) is 0.613. The molecule has 1 aliphatic carbocycles. The lowest BCUT2D eigenvalue weighted by molar-refractivity contribution is -0.124. The predicted molar refractivity (Wildman–Crippen MR) is 411 cm³/mol. The van der Waals surface area contributed by atoms with Crippen molar-refractivity contribution in [3.8, 4) is 46.0 Å². The summed E-state index contributed by atoms with van der Waals surface area (Å²) in [4.78, 5) is 57.4. The maximum atomic E-state index is 14.4. The van der Waals surface area contributed by atoms with E-state index in [0.717, 1.165) is 66.8 Å². The van der Waals surface area contributed by atoms with Crippen LogP contribution in [0.25, 0.3) is 0 Å². The Balaban J connectivity index is 1.36. The summed E-state index contributed by atoms with van der Waals surface area (Å²) in [6.07, 6.45) is 2.24. The summed E-state index contributed by atoms with van der Waals surface area (Å²) < 4.78 is 54.2. The van der Waals surface area contributed by atoms with Gasteiger partial charge in [0.2, 0.25) is 0 Å². The highest BCUT2D eigenvalue weighted by Crippen LogP contribution is 2.54. The van der Waals surface area contributed by atoms with E-state index in [1.165, 1.54) is 0 Å². The number of benzene rings is 8. The van der Waals surface area contributed by atoms with Crippen LogP contribution in [-0.4, -0.2) is 78.5 Å². The van der Waals surface area contributed by atoms with Crippen molar-refractivity contribution in [1.82, 2.24) is 21.3 Å². The number of fused-ring (bicyclic) bond motifs is 8. The van der Waals surface area contributed by atoms with Crippen LogP contribution in [0.5, 0.6) is 46.0 Å². The molecule has 0 aromatic heterocycles. The Hall–Kier alpha value is -9.96. The van der Waals surface area contributed by atoms with Crippen molar-refractivity contribution < 1.29 is 57.1 Å². The van der Waals surface area contributed by atoms with Crippen molar-refractivity contribution in [2.75, 3.05) is 54.9 Å². The van der Waals surface area contributed by atoms with Gasteiger partial charge in [-0.2, -0.15) is 0 Å². The first-order chi connectivity index (χ1) is 50.0. The Bertz CT molecular complexity index is 3610. The monoisotopic (exact) mass is 1410 g/mol. The molecule has 1 aliphatic rings. The van der Waals surface area contributed by atoms with Crippen LogP contribution >= 0.6 is 0 Å². The zero-order valence-electron chi connectivity index (χ0n) is 63.6. The molecule has 104 heavy (non-hydrogen) atoms. The lowest BCUT2D eigenvalue weighted by Crippen LogP contribution is -2.31. The molecule has 4 unspecified atom stereocenters. The molecule has 0 fully saturated rings. The largest absolute Gasteiger partial charge is 0.496 e. The van der Waals surface area contributed by atoms with E-state index in [-0.39, 0.29) is 97.9 Å². The van der Waals surface area contributed by atoms with Crippen LogP contribution in [0.1, 0.15) is 223 Å². The molecule has 16 heteroatoms. The quantitative estimate of drug-likeness (QED) is 0.0313. The number of methoxy groups -OCH3 is 4. The van der Waals surface area contributed by atoms with Crippen LogP contribution < -0.4 is 59.2 Å². The van der Waals surface area contributed by atoms with Gasteiger partial charge < -0.3 is 59.2 Å². The Morgan fingerprint density at radius 1 is 0.269 bits per heavy atom. The van der Waals surface area contributed by atoms with Crippen LogP contribution in [0, 0.1) is 23.7 Å². The van der Waals surface area contributed by atoms with E-state index in [1.54, 1.807) is 28.4 Å². The number of carbonyl (C=O) groups excluding carboxylic acids is 4. The molecule has 0 radical (unpaired) electrons. The molecule has 8 bridgehead atoms. The minimum Gasteiger partial charge on any atom is -0.496 e. The van der Waals surface area contributed by atoms with E-state index in [0.29, 0.717) is 71.7 Å². The van der Waals surface area contributed by atoms with Gasteiger partial charge in [-0.05, 0) is 124 Å². The Labute approximate surface area is 616 Å². The number of carbonyl (C=O) groups is 4. The molecule has 8 atom stereocenters. The van der Waals surface area contributed by atoms with Crippen LogP contribution in [-0.2, 0) is 19.2 Å². The van der Waals surface area contributed by atoms with E-state index in [9.17, 15) is 19.2 Å². The summed E-state index contributed by atoms with van der Waals surface area (Å²) in [5.41, 5.74) is 10.0. The molecular formula is C88H108N4O12. The summed E-state index contributed by atoms with van der Waals surface area (Å²) in [6.45, 7) is 24.0. The fraction of sp³-hybridized carbons (Fsp3) is 0.409. The number of hydrogen-bond donors (Lipinski definition) is 4. The molecule has 16 nitrogen and oxygen atoms in total. The highest BCUT2D eigenvalue weighted by molar-refractivity contribution is 5.80. The van der Waals surface area contributed by atoms with Gasteiger partial charge >= 0.3 is 0 Å². The summed E-state index contributed by atoms with van der Waals surface area (Å²) in [7, 11) is 6.58. The van der Waals surface area contributed by atoms with Gasteiger partial charge in [0.1, 0.15) is 46.0 Å². The molecule has 0 spiro atoms. The fourth-order valence-corrected chi connectivity index (χ4v) is 14.3. The van der Waals surface area contributed by atoms with Gasteiger partial charge in [-0.3, -0.25) is 19.2 Å². The fourth-order valence-electron chi connectivity index (χ4n) is 14.3. The van der Waals surface area contributed by atoms with E-state index < -0.39 is 23.7 Å². The number of rotatable bonds is 32. The molecule has 0 saturated heterocycles. The van der Waals surface area contributed by atoms with Crippen molar-refractivity contribution in [3.63, 3.8) is 0 Å². The third kappa shape index (κ3) is 20.3. The molecule has 8 aromatic carbocycles. The molecule has 4 N–H and O–H groups in total. The van der Waals surface area contributed by atoms with E-state index >= 15 is 0 Å². The van der Waals surface area contributed by atoms with Gasteiger partial charge in [0.15, 0.2) is 26.4 Å². The van der Waals surface area contributed by atoms with Crippen molar-refractivity contribution in [2.45, 2.75) is 157 Å². The highest BCUT2D eigenvalue weighted by atomic mass is 16.5. The first-order valence-electron chi connectivity index (χ1n) is 36.7. The highest BCUT2D eigenvalue weighted by Gasteiger charge is 2.37. The van der Waals surface area contributed by atoms with Crippen LogP contribution in [0.3, 0.4) is 0 Å². The zero-order valence-corrected chi connectivity index (χ0v) is 63.6. The second-order valence-electron chi connectivity index (χ2n) is 29.2. The number of nitrogens with one attached hydrogen (secondary N) is 4. The number of amides is 4. The van der Waals surface area contributed by atoms with Crippen molar-refractivity contribution in [1.29, 1.82) is 0 Å². The predicted octanol–water partition coefficient (Wildman–Crippen LogP) is 17.8. The molecular weight excluding hydrogens is 1300 g/mol. The Morgan fingerprint density at radius 2 is 0.442 bits per heavy atom. The zero-order chi connectivity index (χ0) is 74.7. The first kappa shape index (κ1) is 78.2. The second kappa shape index (κ2) is 37.0. The van der Waals surface area contributed by atoms with Crippen molar-refractivity contribution in [2.24, 2.45) is 23.7 Å². The average Bonchev–Trinajstić information content (AvgIpc) is 0.748. The Morgan fingerprint density at radius 3 is 0.606 bits per heavy atom. The molecule has 8 aromatic rings. The van der Waals surface area contributed by atoms with E-state index in [2.05, 4.69) is 101 Å². The summed E-state index contributed by atoms with van der Waals surface area (Å²) >= 11 is 0. The van der Waals surface area contributed by atoms with Crippen LogP contribution in [0.2, 0.25) is 0 Å². The molecule has 9 rings (SSSR count). The van der Waals surface area contributed by atoms with Crippen LogP contribution in [0.15, 0.2) is 170 Å².